The molecule has 46 heavy (non-hydrogen) atoms. The average Bonchev–Trinajstić information content (AvgIpc) is 3.35. The van der Waals surface area contributed by atoms with Gasteiger partial charge >= 0.3 is 0 Å². The van der Waals surface area contributed by atoms with Crippen molar-refractivity contribution < 1.29 is 0 Å². The third-order valence-electron chi connectivity index (χ3n) is 10.0. The van der Waals surface area contributed by atoms with Gasteiger partial charge in [0.25, 0.3) is 0 Å². The first-order valence-corrected chi connectivity index (χ1v) is 16.1. The van der Waals surface area contributed by atoms with Crippen LogP contribution in [-0.4, -0.2) is 0 Å². The summed E-state index contributed by atoms with van der Waals surface area (Å²) in [5.74, 6) is 0. The van der Waals surface area contributed by atoms with E-state index in [0.29, 0.717) is 0 Å². The molecular formula is C45H33N. The molecule has 1 aliphatic rings. The topological polar surface area (TPSA) is 3.24 Å². The lowest BCUT2D eigenvalue weighted by Gasteiger charge is -2.30. The Morgan fingerprint density at radius 3 is 1.93 bits per heavy atom. The van der Waals surface area contributed by atoms with Gasteiger partial charge in [-0.2, -0.15) is 0 Å². The van der Waals surface area contributed by atoms with Crippen molar-refractivity contribution in [2.75, 3.05) is 4.90 Å². The summed E-state index contributed by atoms with van der Waals surface area (Å²) in [7, 11) is 0. The van der Waals surface area contributed by atoms with Crippen LogP contribution in [0.2, 0.25) is 0 Å². The molecule has 0 N–H and O–H groups in total. The van der Waals surface area contributed by atoms with Gasteiger partial charge in [0, 0.05) is 22.1 Å². The molecule has 0 spiro atoms. The third-order valence-corrected chi connectivity index (χ3v) is 10.0. The molecule has 0 amide bonds. The first-order valence-electron chi connectivity index (χ1n) is 16.1. The van der Waals surface area contributed by atoms with Crippen molar-refractivity contribution in [1.82, 2.24) is 0 Å². The van der Waals surface area contributed by atoms with Gasteiger partial charge in [-0.15, -0.1) is 0 Å². The normalized spacial score (nSPS) is 13.2. The van der Waals surface area contributed by atoms with Crippen LogP contribution >= 0.6 is 0 Å². The molecule has 0 bridgehead atoms. The zero-order valence-electron chi connectivity index (χ0n) is 26.0. The average molecular weight is 588 g/mol. The molecule has 0 saturated carbocycles. The van der Waals surface area contributed by atoms with Crippen LogP contribution < -0.4 is 4.90 Å². The van der Waals surface area contributed by atoms with Gasteiger partial charge in [-0.25, -0.2) is 0 Å². The lowest BCUT2D eigenvalue weighted by atomic mass is 9.82. The van der Waals surface area contributed by atoms with E-state index >= 15 is 0 Å². The lowest BCUT2D eigenvalue weighted by molar-refractivity contribution is 0.660. The van der Waals surface area contributed by atoms with Crippen molar-refractivity contribution in [3.63, 3.8) is 0 Å². The zero-order chi connectivity index (χ0) is 30.8. The van der Waals surface area contributed by atoms with Crippen molar-refractivity contribution in [2.45, 2.75) is 19.3 Å². The zero-order valence-corrected chi connectivity index (χ0v) is 26.0. The number of anilines is 3. The van der Waals surface area contributed by atoms with E-state index in [4.69, 9.17) is 0 Å². The quantitative estimate of drug-likeness (QED) is 0.185. The molecule has 8 aromatic carbocycles. The Morgan fingerprint density at radius 1 is 0.413 bits per heavy atom. The number of fused-ring (bicyclic) bond motifs is 8. The van der Waals surface area contributed by atoms with E-state index in [1.165, 1.54) is 77.1 Å². The minimum atomic E-state index is -0.0961. The molecule has 0 atom stereocenters. The summed E-state index contributed by atoms with van der Waals surface area (Å²) in [5.41, 5.74) is 11.2. The summed E-state index contributed by atoms with van der Waals surface area (Å²) < 4.78 is 0. The molecule has 218 valence electrons. The second kappa shape index (κ2) is 10.2. The maximum atomic E-state index is 2.52. The number of rotatable bonds is 4. The molecule has 1 aliphatic carbocycles. The second-order valence-corrected chi connectivity index (χ2v) is 12.9. The molecule has 0 radical (unpaired) electrons. The van der Waals surface area contributed by atoms with E-state index in [2.05, 4.69) is 183 Å². The van der Waals surface area contributed by atoms with E-state index in [1.54, 1.807) is 0 Å². The Hall–Kier alpha value is -5.66. The largest absolute Gasteiger partial charge is 0.309 e. The Labute approximate surface area is 270 Å². The molecule has 1 nitrogen and oxygen atoms in total. The van der Waals surface area contributed by atoms with E-state index < -0.39 is 0 Å². The molecular weight excluding hydrogens is 555 g/mol. The van der Waals surface area contributed by atoms with Crippen molar-refractivity contribution in [3.05, 3.63) is 175 Å². The highest BCUT2D eigenvalue weighted by atomic mass is 15.1. The van der Waals surface area contributed by atoms with E-state index in [-0.39, 0.29) is 5.41 Å². The number of benzene rings is 8. The van der Waals surface area contributed by atoms with Crippen LogP contribution in [0.1, 0.15) is 25.0 Å². The first kappa shape index (κ1) is 26.7. The van der Waals surface area contributed by atoms with Crippen LogP contribution in [0.3, 0.4) is 0 Å². The van der Waals surface area contributed by atoms with Crippen molar-refractivity contribution in [1.29, 1.82) is 0 Å². The minimum absolute atomic E-state index is 0.0961. The fourth-order valence-corrected chi connectivity index (χ4v) is 7.81. The molecule has 0 aromatic heterocycles. The van der Waals surface area contributed by atoms with Gasteiger partial charge in [0.05, 0.1) is 11.4 Å². The number of nitrogens with zero attached hydrogens (tertiary/aromatic N) is 1. The van der Waals surface area contributed by atoms with Crippen LogP contribution in [-0.2, 0) is 5.41 Å². The van der Waals surface area contributed by atoms with Crippen LogP contribution in [0.4, 0.5) is 17.1 Å². The van der Waals surface area contributed by atoms with Gasteiger partial charge in [0.15, 0.2) is 0 Å². The molecule has 9 rings (SSSR count). The standard InChI is InChI=1S/C45H33N/c1-45(2)40-23-11-10-22-38(40)44-41(45)24-13-25-42(44)46(33-18-12-17-32(28-33)30-14-4-3-5-15-30)43-29-39-34-19-7-6-16-31(34)26-27-36(39)35-20-8-9-21-37(35)43/h3-29H,1-2H3. The SMILES string of the molecule is CC1(C)c2ccccc2-c2c(N(c3cccc(-c4ccccc4)c3)c3cc4c5ccccc5ccc4c4ccccc34)cccc21. The molecule has 0 unspecified atom stereocenters. The predicted octanol–water partition coefficient (Wildman–Crippen LogP) is 12.6. The third kappa shape index (κ3) is 3.95. The predicted molar refractivity (Wildman–Crippen MR) is 197 cm³/mol. The van der Waals surface area contributed by atoms with Gasteiger partial charge in [0.1, 0.15) is 0 Å². The highest BCUT2D eigenvalue weighted by Gasteiger charge is 2.37. The summed E-state index contributed by atoms with van der Waals surface area (Å²) in [6, 6.07) is 60.2. The number of hydrogen-bond acceptors (Lipinski definition) is 1. The van der Waals surface area contributed by atoms with Crippen LogP contribution in [0.5, 0.6) is 0 Å². The van der Waals surface area contributed by atoms with E-state index in [0.717, 1.165) is 5.69 Å². The fraction of sp³-hybridized carbons (Fsp3) is 0.0667. The van der Waals surface area contributed by atoms with Gasteiger partial charge < -0.3 is 4.90 Å². The van der Waals surface area contributed by atoms with Crippen molar-refractivity contribution in [2.24, 2.45) is 0 Å². The summed E-state index contributed by atoms with van der Waals surface area (Å²) in [5, 5.41) is 7.57. The summed E-state index contributed by atoms with van der Waals surface area (Å²) in [6.07, 6.45) is 0. The van der Waals surface area contributed by atoms with Crippen LogP contribution in [0.25, 0.3) is 54.6 Å². The smallest absolute Gasteiger partial charge is 0.0546 e. The maximum absolute atomic E-state index is 2.52. The van der Waals surface area contributed by atoms with Crippen molar-refractivity contribution in [3.8, 4) is 22.3 Å². The Bertz CT molecular complexity index is 2450. The highest BCUT2D eigenvalue weighted by Crippen LogP contribution is 2.55. The Morgan fingerprint density at radius 2 is 1.07 bits per heavy atom. The van der Waals surface area contributed by atoms with Gasteiger partial charge in [-0.1, -0.05) is 153 Å². The Kier molecular flexibility index (Phi) is 5.92. The lowest BCUT2D eigenvalue weighted by Crippen LogP contribution is -2.16. The summed E-state index contributed by atoms with van der Waals surface area (Å²) in [4.78, 5) is 2.52. The molecule has 0 fully saturated rings. The monoisotopic (exact) mass is 587 g/mol. The highest BCUT2D eigenvalue weighted by molar-refractivity contribution is 6.21. The molecule has 8 aromatic rings. The van der Waals surface area contributed by atoms with E-state index in [1.807, 2.05) is 0 Å². The second-order valence-electron chi connectivity index (χ2n) is 12.9. The molecule has 0 saturated heterocycles. The molecule has 0 heterocycles. The Balaban J connectivity index is 1.41. The summed E-state index contributed by atoms with van der Waals surface area (Å²) in [6.45, 7) is 4.72. The summed E-state index contributed by atoms with van der Waals surface area (Å²) >= 11 is 0. The van der Waals surface area contributed by atoms with Gasteiger partial charge in [0.2, 0.25) is 0 Å². The maximum Gasteiger partial charge on any atom is 0.0546 e. The fourth-order valence-electron chi connectivity index (χ4n) is 7.81. The van der Waals surface area contributed by atoms with Gasteiger partial charge in [-0.05, 0) is 79.0 Å². The van der Waals surface area contributed by atoms with Crippen molar-refractivity contribution >= 4 is 49.4 Å². The van der Waals surface area contributed by atoms with E-state index in [9.17, 15) is 0 Å². The van der Waals surface area contributed by atoms with Crippen LogP contribution in [0.15, 0.2) is 164 Å². The first-order chi connectivity index (χ1) is 22.6. The molecule has 1 heteroatoms. The molecule has 0 aliphatic heterocycles. The van der Waals surface area contributed by atoms with Crippen LogP contribution in [0, 0.1) is 0 Å². The minimum Gasteiger partial charge on any atom is -0.309 e. The van der Waals surface area contributed by atoms with Gasteiger partial charge in [-0.3, -0.25) is 0 Å². The number of hydrogen-bond donors (Lipinski definition) is 0.